The van der Waals surface area contributed by atoms with Gasteiger partial charge in [0.15, 0.2) is 0 Å². The van der Waals surface area contributed by atoms with Gasteiger partial charge in [-0.05, 0) is 19.1 Å². The molecule has 1 aromatic heterocycles. The Morgan fingerprint density at radius 1 is 1.35 bits per heavy atom. The summed E-state index contributed by atoms with van der Waals surface area (Å²) < 4.78 is 13.4. The van der Waals surface area contributed by atoms with E-state index in [1.165, 1.54) is 5.52 Å². The van der Waals surface area contributed by atoms with Crippen LogP contribution in [0.2, 0.25) is 0 Å². The summed E-state index contributed by atoms with van der Waals surface area (Å²) in [5.41, 5.74) is 2.19. The van der Waals surface area contributed by atoms with Gasteiger partial charge in [-0.1, -0.05) is 12.1 Å². The molecule has 0 spiro atoms. The third-order valence-electron chi connectivity index (χ3n) is 3.10. The van der Waals surface area contributed by atoms with Crippen LogP contribution in [0.4, 0.5) is 0 Å². The second kappa shape index (κ2) is 4.47. The Kier molecular flexibility index (Phi) is 2.82. The first-order chi connectivity index (χ1) is 8.40. The lowest BCUT2D eigenvalue weighted by atomic mass is 10.3. The maximum Gasteiger partial charge on any atom is 0.141 e. The summed E-state index contributed by atoms with van der Waals surface area (Å²) in [7, 11) is 0. The molecule has 0 N–H and O–H groups in total. The molecule has 1 fully saturated rings. The Bertz CT molecular complexity index is 515. The first-order valence-electron chi connectivity index (χ1n) is 6.04. The van der Waals surface area contributed by atoms with Gasteiger partial charge in [-0.25, -0.2) is 4.98 Å². The molecule has 4 nitrogen and oxygen atoms in total. The number of benzene rings is 1. The lowest BCUT2D eigenvalue weighted by Crippen LogP contribution is -2.24. The molecule has 0 bridgehead atoms. The Morgan fingerprint density at radius 3 is 3.00 bits per heavy atom. The molecule has 2 heterocycles. The van der Waals surface area contributed by atoms with Crippen LogP contribution in [0, 0.1) is 0 Å². The van der Waals surface area contributed by atoms with Gasteiger partial charge >= 0.3 is 0 Å². The first-order valence-corrected chi connectivity index (χ1v) is 6.04. The summed E-state index contributed by atoms with van der Waals surface area (Å²) in [6, 6.07) is 8.18. The third kappa shape index (κ3) is 1.83. The summed E-state index contributed by atoms with van der Waals surface area (Å²) >= 11 is 0. The number of hydrogen-bond acceptors (Lipinski definition) is 3. The standard InChI is InChI=1S/C13H16N2O2/c1-2-15-11-6-4-3-5-10(11)14-13(15)12-9-16-7-8-17-12/h3-6,12H,2,7-9H2,1H3. The number of rotatable bonds is 2. The van der Waals surface area contributed by atoms with Crippen LogP contribution in [0.25, 0.3) is 11.0 Å². The molecular weight excluding hydrogens is 216 g/mol. The summed E-state index contributed by atoms with van der Waals surface area (Å²) in [5.74, 6) is 0.980. The van der Waals surface area contributed by atoms with Crippen LogP contribution in [-0.4, -0.2) is 29.4 Å². The topological polar surface area (TPSA) is 36.3 Å². The SMILES string of the molecule is CCn1c(C2COCCO2)nc2ccccc21. The predicted molar refractivity (Wildman–Crippen MR) is 64.9 cm³/mol. The number of aryl methyl sites for hydroxylation is 1. The average Bonchev–Trinajstić information content (AvgIpc) is 2.78. The maximum absolute atomic E-state index is 5.73. The minimum atomic E-state index is -0.0314. The molecule has 2 aromatic rings. The van der Waals surface area contributed by atoms with Crippen molar-refractivity contribution >= 4 is 11.0 Å². The minimum absolute atomic E-state index is 0.0314. The first kappa shape index (κ1) is 10.7. The third-order valence-corrected chi connectivity index (χ3v) is 3.10. The number of hydrogen-bond donors (Lipinski definition) is 0. The number of imidazole rings is 1. The van der Waals surface area contributed by atoms with E-state index < -0.39 is 0 Å². The molecule has 1 saturated heterocycles. The van der Waals surface area contributed by atoms with Crippen molar-refractivity contribution in [1.29, 1.82) is 0 Å². The summed E-state index contributed by atoms with van der Waals surface area (Å²) in [6.07, 6.45) is -0.0314. The highest BCUT2D eigenvalue weighted by Crippen LogP contribution is 2.24. The van der Waals surface area contributed by atoms with Crippen LogP contribution < -0.4 is 0 Å². The molecule has 0 aliphatic carbocycles. The lowest BCUT2D eigenvalue weighted by molar-refractivity contribution is -0.0944. The van der Waals surface area contributed by atoms with Gasteiger partial charge in [0.1, 0.15) is 11.9 Å². The molecule has 1 aromatic carbocycles. The van der Waals surface area contributed by atoms with Gasteiger partial charge in [0, 0.05) is 6.54 Å². The zero-order chi connectivity index (χ0) is 11.7. The molecule has 1 atom stereocenters. The second-order valence-corrected chi connectivity index (χ2v) is 4.14. The quantitative estimate of drug-likeness (QED) is 0.796. The largest absolute Gasteiger partial charge is 0.376 e. The van der Waals surface area contributed by atoms with Crippen LogP contribution in [0.5, 0.6) is 0 Å². The van der Waals surface area contributed by atoms with Gasteiger partial charge in [-0.2, -0.15) is 0 Å². The van der Waals surface area contributed by atoms with E-state index in [-0.39, 0.29) is 6.10 Å². The van der Waals surface area contributed by atoms with Crippen LogP contribution in [0.15, 0.2) is 24.3 Å². The Labute approximate surface area is 100 Å². The van der Waals surface area contributed by atoms with Crippen LogP contribution in [0.1, 0.15) is 18.9 Å². The molecule has 0 amide bonds. The van der Waals surface area contributed by atoms with E-state index in [1.807, 2.05) is 18.2 Å². The normalized spacial score (nSPS) is 20.9. The van der Waals surface area contributed by atoms with Gasteiger partial charge in [-0.15, -0.1) is 0 Å². The highest BCUT2D eigenvalue weighted by atomic mass is 16.6. The molecule has 4 heteroatoms. The second-order valence-electron chi connectivity index (χ2n) is 4.14. The van der Waals surface area contributed by atoms with E-state index in [1.54, 1.807) is 0 Å². The number of fused-ring (bicyclic) bond motifs is 1. The van der Waals surface area contributed by atoms with Crippen molar-refractivity contribution in [3.63, 3.8) is 0 Å². The molecule has 1 aliphatic rings. The number of para-hydroxylation sites is 2. The van der Waals surface area contributed by atoms with Crippen molar-refractivity contribution < 1.29 is 9.47 Å². The van der Waals surface area contributed by atoms with E-state index in [9.17, 15) is 0 Å². The summed E-state index contributed by atoms with van der Waals surface area (Å²) in [6.45, 7) is 4.96. The van der Waals surface area contributed by atoms with E-state index in [4.69, 9.17) is 9.47 Å². The molecule has 1 unspecified atom stereocenters. The van der Waals surface area contributed by atoms with Crippen LogP contribution >= 0.6 is 0 Å². The van der Waals surface area contributed by atoms with E-state index in [0.29, 0.717) is 19.8 Å². The highest BCUT2D eigenvalue weighted by Gasteiger charge is 2.22. The van der Waals surface area contributed by atoms with Gasteiger partial charge in [0.05, 0.1) is 30.9 Å². The van der Waals surface area contributed by atoms with Crippen LogP contribution in [-0.2, 0) is 16.0 Å². The van der Waals surface area contributed by atoms with Crippen molar-refractivity contribution in [2.45, 2.75) is 19.6 Å². The summed E-state index contributed by atoms with van der Waals surface area (Å²) in [5, 5.41) is 0. The Morgan fingerprint density at radius 2 is 2.24 bits per heavy atom. The molecule has 3 rings (SSSR count). The fraction of sp³-hybridized carbons (Fsp3) is 0.462. The Hall–Kier alpha value is -1.39. The molecule has 0 radical (unpaired) electrons. The van der Waals surface area contributed by atoms with Gasteiger partial charge in [0.25, 0.3) is 0 Å². The zero-order valence-electron chi connectivity index (χ0n) is 9.93. The number of aromatic nitrogens is 2. The minimum Gasteiger partial charge on any atom is -0.376 e. The highest BCUT2D eigenvalue weighted by molar-refractivity contribution is 5.76. The van der Waals surface area contributed by atoms with Crippen LogP contribution in [0.3, 0.4) is 0 Å². The average molecular weight is 232 g/mol. The fourth-order valence-corrected chi connectivity index (χ4v) is 2.31. The molecule has 90 valence electrons. The van der Waals surface area contributed by atoms with Crippen molar-refractivity contribution in [2.24, 2.45) is 0 Å². The summed E-state index contributed by atoms with van der Waals surface area (Å²) in [4.78, 5) is 4.67. The van der Waals surface area contributed by atoms with Crippen molar-refractivity contribution in [2.75, 3.05) is 19.8 Å². The van der Waals surface area contributed by atoms with E-state index >= 15 is 0 Å². The number of ether oxygens (including phenoxy) is 2. The van der Waals surface area contributed by atoms with Crippen molar-refractivity contribution in [1.82, 2.24) is 9.55 Å². The number of nitrogens with zero attached hydrogens (tertiary/aromatic N) is 2. The zero-order valence-corrected chi connectivity index (χ0v) is 9.93. The van der Waals surface area contributed by atoms with E-state index in [0.717, 1.165) is 17.9 Å². The van der Waals surface area contributed by atoms with E-state index in [2.05, 4.69) is 22.5 Å². The van der Waals surface area contributed by atoms with Gasteiger partial charge < -0.3 is 14.0 Å². The molecule has 0 saturated carbocycles. The van der Waals surface area contributed by atoms with Crippen molar-refractivity contribution in [3.8, 4) is 0 Å². The molecular formula is C13H16N2O2. The molecule has 1 aliphatic heterocycles. The van der Waals surface area contributed by atoms with Crippen molar-refractivity contribution in [3.05, 3.63) is 30.1 Å². The molecule has 17 heavy (non-hydrogen) atoms. The predicted octanol–water partition coefficient (Wildman–Crippen LogP) is 2.14. The maximum atomic E-state index is 5.73. The lowest BCUT2D eigenvalue weighted by Gasteiger charge is -2.23. The van der Waals surface area contributed by atoms with Gasteiger partial charge in [-0.3, -0.25) is 0 Å². The fourth-order valence-electron chi connectivity index (χ4n) is 2.31. The smallest absolute Gasteiger partial charge is 0.141 e. The monoisotopic (exact) mass is 232 g/mol. The van der Waals surface area contributed by atoms with Gasteiger partial charge in [0.2, 0.25) is 0 Å². The Balaban J connectivity index is 2.08.